The highest BCUT2D eigenvalue weighted by Gasteiger charge is 2.00. The molecule has 0 saturated heterocycles. The Hall–Kier alpha value is -0.590. The maximum atomic E-state index is 4.50. The van der Waals surface area contributed by atoms with E-state index in [0.29, 0.717) is 0 Å². The van der Waals surface area contributed by atoms with Crippen molar-refractivity contribution in [1.82, 2.24) is 15.4 Å². The van der Waals surface area contributed by atoms with Crippen molar-refractivity contribution in [2.75, 3.05) is 33.2 Å². The molecule has 5 nitrogen and oxygen atoms in total. The molecule has 0 bridgehead atoms. The van der Waals surface area contributed by atoms with Crippen molar-refractivity contribution in [3.63, 3.8) is 0 Å². The molecule has 0 aliphatic carbocycles. The van der Waals surface area contributed by atoms with Gasteiger partial charge in [0.15, 0.2) is 0 Å². The number of thiocarbonyl (C=S) groups is 1. The topological polar surface area (TPSA) is 43.2 Å². The zero-order valence-electron chi connectivity index (χ0n) is 9.10. The van der Waals surface area contributed by atoms with E-state index in [1.807, 2.05) is 12.1 Å². The maximum Gasteiger partial charge on any atom is 0.114 e. The number of hydrogen-bond donors (Lipinski definition) is 1. The molecule has 82 valence electrons. The van der Waals surface area contributed by atoms with Gasteiger partial charge in [-0.2, -0.15) is 0 Å². The van der Waals surface area contributed by atoms with Crippen LogP contribution in [-0.4, -0.2) is 48.6 Å². The van der Waals surface area contributed by atoms with E-state index in [-0.39, 0.29) is 0 Å². The molecule has 0 rings (SSSR count). The summed E-state index contributed by atoms with van der Waals surface area (Å²) in [5.74, 6) is 0. The molecule has 1 N–H and O–H groups in total. The minimum Gasteiger partial charge on any atom is -0.303 e. The van der Waals surface area contributed by atoms with Crippen molar-refractivity contribution in [2.45, 2.75) is 13.8 Å². The Bertz CT molecular complexity index is 169. The van der Waals surface area contributed by atoms with Gasteiger partial charge in [0.05, 0.1) is 0 Å². The summed E-state index contributed by atoms with van der Waals surface area (Å²) < 4.78 is 0. The van der Waals surface area contributed by atoms with Gasteiger partial charge in [0.25, 0.3) is 0 Å². The minimum absolute atomic E-state index is 0.901. The lowest BCUT2D eigenvalue weighted by Crippen LogP contribution is -2.38. The standard InChI is InChI=1S/C8H19N5S/c1-4-13(5-2)7-6-12(3)11-10-9-8-14/h8H,4-7H2,1-3H3,(H,9,11,14). The molecule has 0 aromatic heterocycles. The number of nitrogens with zero attached hydrogens (tertiary/aromatic N) is 4. The van der Waals surface area contributed by atoms with Crippen LogP contribution in [0.25, 0.3) is 0 Å². The predicted octanol–water partition coefficient (Wildman–Crippen LogP) is 1.09. The summed E-state index contributed by atoms with van der Waals surface area (Å²) in [5, 5.41) is 9.05. The van der Waals surface area contributed by atoms with E-state index < -0.39 is 0 Å². The summed E-state index contributed by atoms with van der Waals surface area (Å²) in [6, 6.07) is 0. The molecule has 0 heterocycles. The highest BCUT2D eigenvalue weighted by molar-refractivity contribution is 7.78. The lowest BCUT2D eigenvalue weighted by atomic mass is 10.4. The molecule has 6 heteroatoms. The van der Waals surface area contributed by atoms with Crippen LogP contribution in [0.15, 0.2) is 10.3 Å². The van der Waals surface area contributed by atoms with E-state index in [1.165, 1.54) is 5.49 Å². The predicted molar refractivity (Wildman–Crippen MR) is 62.1 cm³/mol. The Labute approximate surface area is 91.1 Å². The molecule has 0 aliphatic rings. The normalized spacial score (nSPS) is 11.5. The van der Waals surface area contributed by atoms with E-state index in [2.05, 4.69) is 46.8 Å². The van der Waals surface area contributed by atoms with Crippen LogP contribution in [-0.2, 0) is 0 Å². The first-order valence-electron chi connectivity index (χ1n) is 4.77. The Morgan fingerprint density at radius 1 is 1.29 bits per heavy atom. The van der Waals surface area contributed by atoms with Crippen molar-refractivity contribution in [2.24, 2.45) is 10.3 Å². The van der Waals surface area contributed by atoms with Gasteiger partial charge >= 0.3 is 0 Å². The van der Waals surface area contributed by atoms with Gasteiger partial charge in [-0.15, -0.1) is 5.11 Å². The summed E-state index contributed by atoms with van der Waals surface area (Å²) in [6.07, 6.45) is 0. The summed E-state index contributed by atoms with van der Waals surface area (Å²) in [6.45, 7) is 8.38. The van der Waals surface area contributed by atoms with Gasteiger partial charge in [-0.1, -0.05) is 31.3 Å². The lowest BCUT2D eigenvalue weighted by Gasteiger charge is -2.21. The van der Waals surface area contributed by atoms with Gasteiger partial charge in [0.2, 0.25) is 0 Å². The van der Waals surface area contributed by atoms with Gasteiger partial charge < -0.3 is 4.90 Å². The second-order valence-electron chi connectivity index (χ2n) is 2.87. The fourth-order valence-corrected chi connectivity index (χ4v) is 1.05. The Kier molecular flexibility index (Phi) is 8.61. The Morgan fingerprint density at radius 3 is 2.43 bits per heavy atom. The highest BCUT2D eigenvalue weighted by Crippen LogP contribution is 1.87. The molecule has 0 fully saturated rings. The molecule has 0 radical (unpaired) electrons. The first-order valence-corrected chi connectivity index (χ1v) is 5.24. The fourth-order valence-electron chi connectivity index (χ4n) is 1.01. The molecule has 0 aliphatic heterocycles. The number of hydrogen-bond acceptors (Lipinski definition) is 4. The monoisotopic (exact) mass is 217 g/mol. The molecule has 0 aromatic rings. The van der Waals surface area contributed by atoms with Crippen molar-refractivity contribution in [3.8, 4) is 0 Å². The summed E-state index contributed by atoms with van der Waals surface area (Å²) in [5.41, 5.74) is 3.98. The van der Waals surface area contributed by atoms with Crippen molar-refractivity contribution >= 4 is 17.7 Å². The first kappa shape index (κ1) is 13.4. The average molecular weight is 217 g/mol. The van der Waals surface area contributed by atoms with Crippen LogP contribution in [0.4, 0.5) is 0 Å². The van der Waals surface area contributed by atoms with E-state index in [1.54, 1.807) is 0 Å². The van der Waals surface area contributed by atoms with Crippen LogP contribution < -0.4 is 5.53 Å². The molecule has 0 aromatic carbocycles. The average Bonchev–Trinajstić information content (AvgIpc) is 2.20. The molecular weight excluding hydrogens is 198 g/mol. The third kappa shape index (κ3) is 6.88. The number of nitrogens with one attached hydrogen (secondary N) is 1. The molecule has 0 saturated carbocycles. The van der Waals surface area contributed by atoms with E-state index >= 15 is 0 Å². The van der Waals surface area contributed by atoms with Crippen molar-refractivity contribution in [1.29, 1.82) is 0 Å². The Balaban J connectivity index is 3.56. The smallest absolute Gasteiger partial charge is 0.114 e. The van der Waals surface area contributed by atoms with Gasteiger partial charge in [-0.25, -0.2) is 10.5 Å². The van der Waals surface area contributed by atoms with Gasteiger partial charge in [0.1, 0.15) is 5.49 Å². The number of likely N-dealkylation sites (N-methyl/N-ethyl adjacent to an activating group) is 2. The lowest BCUT2D eigenvalue weighted by molar-refractivity contribution is 0.189. The highest BCUT2D eigenvalue weighted by atomic mass is 32.1. The van der Waals surface area contributed by atoms with Crippen LogP contribution >= 0.6 is 12.2 Å². The van der Waals surface area contributed by atoms with Crippen LogP contribution in [0.2, 0.25) is 0 Å². The molecule has 14 heavy (non-hydrogen) atoms. The molecule has 0 amide bonds. The van der Waals surface area contributed by atoms with Gasteiger partial charge in [-0.05, 0) is 13.1 Å². The van der Waals surface area contributed by atoms with Gasteiger partial charge in [-0.3, -0.25) is 0 Å². The van der Waals surface area contributed by atoms with Crippen molar-refractivity contribution < 1.29 is 0 Å². The zero-order valence-corrected chi connectivity index (χ0v) is 9.92. The number of hydrazine groups is 1. The van der Waals surface area contributed by atoms with Crippen LogP contribution in [0, 0.1) is 0 Å². The largest absolute Gasteiger partial charge is 0.303 e. The van der Waals surface area contributed by atoms with E-state index in [0.717, 1.165) is 26.2 Å². The minimum atomic E-state index is 0.901. The van der Waals surface area contributed by atoms with E-state index in [4.69, 9.17) is 0 Å². The maximum absolute atomic E-state index is 4.50. The molecule has 0 atom stereocenters. The quantitative estimate of drug-likeness (QED) is 0.375. The van der Waals surface area contributed by atoms with Crippen LogP contribution in [0.1, 0.15) is 13.8 Å². The summed E-state index contributed by atoms with van der Waals surface area (Å²) in [7, 11) is 1.92. The summed E-state index contributed by atoms with van der Waals surface area (Å²) in [4.78, 5) is 2.34. The zero-order chi connectivity index (χ0) is 10.8. The van der Waals surface area contributed by atoms with Crippen LogP contribution in [0.3, 0.4) is 0 Å². The van der Waals surface area contributed by atoms with Crippen molar-refractivity contribution in [3.05, 3.63) is 0 Å². The van der Waals surface area contributed by atoms with Crippen LogP contribution in [0.5, 0.6) is 0 Å². The SMILES string of the molecule is CCN(CC)CCN(C)NN=NC=S. The van der Waals surface area contributed by atoms with Gasteiger partial charge in [0, 0.05) is 20.1 Å². The van der Waals surface area contributed by atoms with E-state index in [9.17, 15) is 0 Å². The fraction of sp³-hybridized carbons (Fsp3) is 0.875. The molecular formula is C8H19N5S. The number of rotatable bonds is 8. The molecule has 0 unspecified atom stereocenters. The molecule has 0 spiro atoms. The summed E-state index contributed by atoms with van der Waals surface area (Å²) >= 11 is 4.50. The Morgan fingerprint density at radius 2 is 1.93 bits per heavy atom. The second-order valence-corrected chi connectivity index (χ2v) is 3.08. The second kappa shape index (κ2) is 8.98. The third-order valence-corrected chi connectivity index (χ3v) is 2.06. The third-order valence-electron chi connectivity index (χ3n) is 1.97. The first-order chi connectivity index (χ1) is 6.74.